The molecule has 0 N–H and O–H groups in total. The predicted octanol–water partition coefficient (Wildman–Crippen LogP) is 1.49. The van der Waals surface area contributed by atoms with Crippen LogP contribution >= 0.6 is 0 Å². The van der Waals surface area contributed by atoms with Gasteiger partial charge in [0.25, 0.3) is 0 Å². The van der Waals surface area contributed by atoms with Gasteiger partial charge in [-0.05, 0) is 36.6 Å². The van der Waals surface area contributed by atoms with Gasteiger partial charge in [0.1, 0.15) is 0 Å². The van der Waals surface area contributed by atoms with E-state index in [4.69, 9.17) is 14.2 Å². The Hall–Kier alpha value is -2.74. The molecule has 2 saturated heterocycles. The highest BCUT2D eigenvalue weighted by atomic mass is 16.5. The van der Waals surface area contributed by atoms with Crippen LogP contribution in [0.3, 0.4) is 0 Å². The summed E-state index contributed by atoms with van der Waals surface area (Å²) in [5, 5.41) is 0. The van der Waals surface area contributed by atoms with Crippen molar-refractivity contribution in [2.75, 3.05) is 67.1 Å². The van der Waals surface area contributed by atoms with E-state index in [1.54, 1.807) is 45.6 Å². The molecule has 1 aromatic carbocycles. The van der Waals surface area contributed by atoms with Gasteiger partial charge in [-0.25, -0.2) is 0 Å². The molecule has 0 spiro atoms. The third kappa shape index (κ3) is 5.24. The molecule has 30 heavy (non-hydrogen) atoms. The lowest BCUT2D eigenvalue weighted by Gasteiger charge is -2.34. The van der Waals surface area contributed by atoms with E-state index in [-0.39, 0.29) is 11.8 Å². The molecule has 1 aromatic rings. The number of ether oxygens (including phenoxy) is 3. The van der Waals surface area contributed by atoms with Crippen molar-refractivity contribution in [1.29, 1.82) is 0 Å². The van der Waals surface area contributed by atoms with Crippen LogP contribution in [0.25, 0.3) is 6.08 Å². The van der Waals surface area contributed by atoms with Gasteiger partial charge in [0.15, 0.2) is 11.5 Å². The fraction of sp³-hybridized carbons (Fsp3) is 0.545. The average Bonchev–Trinajstić information content (AvgIpc) is 3.32. The maximum atomic E-state index is 12.6. The molecular formula is C22H31N3O5. The van der Waals surface area contributed by atoms with Crippen molar-refractivity contribution in [3.8, 4) is 17.2 Å². The Morgan fingerprint density at radius 3 is 2.00 bits per heavy atom. The molecule has 0 aromatic heterocycles. The van der Waals surface area contributed by atoms with Crippen LogP contribution in [0.1, 0.15) is 18.4 Å². The first-order chi connectivity index (χ1) is 14.5. The van der Waals surface area contributed by atoms with Crippen molar-refractivity contribution < 1.29 is 23.8 Å². The van der Waals surface area contributed by atoms with Crippen molar-refractivity contribution in [3.05, 3.63) is 23.8 Å². The molecule has 2 aliphatic heterocycles. The van der Waals surface area contributed by atoms with E-state index in [2.05, 4.69) is 4.90 Å². The quantitative estimate of drug-likeness (QED) is 0.626. The van der Waals surface area contributed by atoms with E-state index in [1.807, 2.05) is 9.80 Å². The van der Waals surface area contributed by atoms with Crippen LogP contribution in [0.5, 0.6) is 17.2 Å². The van der Waals surface area contributed by atoms with Gasteiger partial charge >= 0.3 is 0 Å². The molecule has 0 saturated carbocycles. The van der Waals surface area contributed by atoms with E-state index < -0.39 is 0 Å². The van der Waals surface area contributed by atoms with Crippen molar-refractivity contribution in [3.63, 3.8) is 0 Å². The summed E-state index contributed by atoms with van der Waals surface area (Å²) in [6.07, 6.45) is 5.51. The monoisotopic (exact) mass is 417 g/mol. The molecule has 2 amide bonds. The summed E-state index contributed by atoms with van der Waals surface area (Å²) < 4.78 is 16.0. The Bertz CT molecular complexity index is 756. The van der Waals surface area contributed by atoms with Crippen LogP contribution in [-0.2, 0) is 9.59 Å². The first-order valence-electron chi connectivity index (χ1n) is 10.3. The molecule has 0 unspecified atom stereocenters. The van der Waals surface area contributed by atoms with Crippen LogP contribution in [0, 0.1) is 0 Å². The minimum atomic E-state index is -0.0470. The summed E-state index contributed by atoms with van der Waals surface area (Å²) in [7, 11) is 4.67. The van der Waals surface area contributed by atoms with Crippen molar-refractivity contribution >= 4 is 17.9 Å². The zero-order chi connectivity index (χ0) is 21.5. The highest BCUT2D eigenvalue weighted by Gasteiger charge is 2.24. The zero-order valence-corrected chi connectivity index (χ0v) is 18.1. The molecule has 0 atom stereocenters. The molecule has 8 heteroatoms. The van der Waals surface area contributed by atoms with Gasteiger partial charge < -0.3 is 24.0 Å². The fourth-order valence-corrected chi connectivity index (χ4v) is 3.85. The summed E-state index contributed by atoms with van der Waals surface area (Å²) in [5.74, 6) is 1.76. The topological polar surface area (TPSA) is 71.6 Å². The SMILES string of the molecule is COc1cc(/C=C/C(=O)N2CCN(CC(=O)N3CCCC3)CC2)cc(OC)c1OC. The number of hydrogen-bond acceptors (Lipinski definition) is 6. The van der Waals surface area contributed by atoms with E-state index in [0.29, 0.717) is 50.0 Å². The zero-order valence-electron chi connectivity index (χ0n) is 18.1. The minimum absolute atomic E-state index is 0.0470. The number of benzene rings is 1. The van der Waals surface area contributed by atoms with E-state index in [1.165, 1.54) is 0 Å². The van der Waals surface area contributed by atoms with Crippen molar-refractivity contribution in [1.82, 2.24) is 14.7 Å². The molecule has 0 bridgehead atoms. The molecule has 2 aliphatic rings. The van der Waals surface area contributed by atoms with Crippen molar-refractivity contribution in [2.24, 2.45) is 0 Å². The third-order valence-electron chi connectivity index (χ3n) is 5.61. The van der Waals surface area contributed by atoms with Crippen LogP contribution in [-0.4, -0.2) is 93.7 Å². The standard InChI is InChI=1S/C22H31N3O5/c1-28-18-14-17(15-19(29-2)22(18)30-3)6-7-20(26)25-12-10-23(11-13-25)16-21(27)24-8-4-5-9-24/h6-7,14-15H,4-5,8-13,16H2,1-3H3/b7-6+. The largest absolute Gasteiger partial charge is 0.493 e. The highest BCUT2D eigenvalue weighted by Crippen LogP contribution is 2.38. The molecule has 0 aliphatic carbocycles. The Kier molecular flexibility index (Phi) is 7.57. The molecule has 2 fully saturated rings. The molecule has 0 radical (unpaired) electrons. The lowest BCUT2D eigenvalue weighted by Crippen LogP contribution is -2.51. The average molecular weight is 418 g/mol. The lowest BCUT2D eigenvalue weighted by atomic mass is 10.1. The van der Waals surface area contributed by atoms with Gasteiger partial charge in [-0.2, -0.15) is 0 Å². The Labute approximate surface area is 178 Å². The van der Waals surface area contributed by atoms with Gasteiger partial charge in [0.2, 0.25) is 17.6 Å². The number of carbonyl (C=O) groups is 2. The van der Waals surface area contributed by atoms with Gasteiger partial charge in [-0.15, -0.1) is 0 Å². The first-order valence-corrected chi connectivity index (χ1v) is 10.3. The summed E-state index contributed by atoms with van der Waals surface area (Å²) >= 11 is 0. The second-order valence-corrected chi connectivity index (χ2v) is 7.48. The van der Waals surface area contributed by atoms with Crippen LogP contribution in [0.2, 0.25) is 0 Å². The van der Waals surface area contributed by atoms with E-state index >= 15 is 0 Å². The Morgan fingerprint density at radius 1 is 0.867 bits per heavy atom. The number of rotatable bonds is 7. The maximum Gasteiger partial charge on any atom is 0.246 e. The maximum absolute atomic E-state index is 12.6. The summed E-state index contributed by atoms with van der Waals surface area (Å²) in [5.41, 5.74) is 0.785. The van der Waals surface area contributed by atoms with Gasteiger partial charge in [0, 0.05) is 45.3 Å². The minimum Gasteiger partial charge on any atom is -0.493 e. The molecular weight excluding hydrogens is 386 g/mol. The fourth-order valence-electron chi connectivity index (χ4n) is 3.85. The smallest absolute Gasteiger partial charge is 0.246 e. The number of carbonyl (C=O) groups excluding carboxylic acids is 2. The third-order valence-corrected chi connectivity index (χ3v) is 5.61. The lowest BCUT2D eigenvalue weighted by molar-refractivity contribution is -0.132. The predicted molar refractivity (Wildman–Crippen MR) is 114 cm³/mol. The van der Waals surface area contributed by atoms with E-state index in [0.717, 1.165) is 31.5 Å². The summed E-state index contributed by atoms with van der Waals surface area (Å²) in [6, 6.07) is 3.60. The van der Waals surface area contributed by atoms with Gasteiger partial charge in [0.05, 0.1) is 27.9 Å². The first kappa shape index (κ1) is 22.0. The normalized spacial score (nSPS) is 17.4. The number of nitrogens with zero attached hydrogens (tertiary/aromatic N) is 3. The van der Waals surface area contributed by atoms with Crippen molar-refractivity contribution in [2.45, 2.75) is 12.8 Å². The summed E-state index contributed by atoms with van der Waals surface area (Å²) in [6.45, 7) is 4.86. The number of amides is 2. The molecule has 2 heterocycles. The number of methoxy groups -OCH3 is 3. The van der Waals surface area contributed by atoms with Gasteiger partial charge in [-0.3, -0.25) is 14.5 Å². The summed E-state index contributed by atoms with van der Waals surface area (Å²) in [4.78, 5) is 30.8. The van der Waals surface area contributed by atoms with Crippen LogP contribution < -0.4 is 14.2 Å². The number of hydrogen-bond donors (Lipinski definition) is 0. The molecule has 164 valence electrons. The molecule has 3 rings (SSSR count). The Balaban J connectivity index is 1.54. The number of likely N-dealkylation sites (tertiary alicyclic amines) is 1. The second-order valence-electron chi connectivity index (χ2n) is 7.48. The van der Waals surface area contributed by atoms with Gasteiger partial charge in [-0.1, -0.05) is 0 Å². The van der Waals surface area contributed by atoms with E-state index in [9.17, 15) is 9.59 Å². The Morgan fingerprint density at radius 2 is 1.47 bits per heavy atom. The second kappa shape index (κ2) is 10.3. The van der Waals surface area contributed by atoms with Crippen LogP contribution in [0.4, 0.5) is 0 Å². The number of piperazine rings is 1. The molecule has 8 nitrogen and oxygen atoms in total. The van der Waals surface area contributed by atoms with Crippen LogP contribution in [0.15, 0.2) is 18.2 Å². The highest BCUT2D eigenvalue weighted by molar-refractivity contribution is 5.92.